The molecule has 74 valence electrons. The van der Waals surface area contributed by atoms with Crippen LogP contribution in [0.25, 0.3) is 0 Å². The summed E-state index contributed by atoms with van der Waals surface area (Å²) in [4.78, 5) is 14.9. The van der Waals surface area contributed by atoms with Gasteiger partial charge < -0.3 is 14.8 Å². The van der Waals surface area contributed by atoms with Crippen LogP contribution in [0.2, 0.25) is 0 Å². The van der Waals surface area contributed by atoms with Crippen LogP contribution in [0.5, 0.6) is 0 Å². The topological polar surface area (TPSA) is 79.7 Å². The van der Waals surface area contributed by atoms with Gasteiger partial charge in [-0.3, -0.25) is 4.98 Å². The van der Waals surface area contributed by atoms with Crippen molar-refractivity contribution in [1.82, 2.24) is 4.98 Å². The highest BCUT2D eigenvalue weighted by Crippen LogP contribution is 1.97. The number of carbonyl (C=O) groups excluding carboxylic acids is 1. The molecule has 6 heteroatoms. The Kier molecular flexibility index (Phi) is 3.61. The first-order chi connectivity index (χ1) is 6.65. The molecule has 0 saturated carbocycles. The van der Waals surface area contributed by atoms with Crippen LogP contribution in [0, 0.1) is 0 Å². The van der Waals surface area contributed by atoms with Crippen molar-refractivity contribution in [2.75, 3.05) is 6.61 Å². The molecule has 0 radical (unpaired) electrons. The van der Waals surface area contributed by atoms with E-state index >= 15 is 0 Å². The lowest BCUT2D eigenvalue weighted by molar-refractivity contribution is 0.0526. The van der Waals surface area contributed by atoms with Crippen LogP contribution in [-0.2, 0) is 4.74 Å². The van der Waals surface area contributed by atoms with E-state index in [1.807, 2.05) is 0 Å². The van der Waals surface area contributed by atoms with E-state index in [4.69, 9.17) is 14.8 Å². The van der Waals surface area contributed by atoms with Gasteiger partial charge in [0.05, 0.1) is 12.2 Å². The first kappa shape index (κ1) is 10.7. The molecule has 0 saturated heterocycles. The average Bonchev–Trinajstić information content (AvgIpc) is 2.18. The molecule has 14 heavy (non-hydrogen) atoms. The maximum absolute atomic E-state index is 11.2. The number of ether oxygens (including phenoxy) is 1. The van der Waals surface area contributed by atoms with Crippen molar-refractivity contribution in [3.05, 3.63) is 24.0 Å². The Morgan fingerprint density at radius 3 is 2.86 bits per heavy atom. The molecule has 1 rings (SSSR count). The Labute approximate surface area is 81.5 Å². The zero-order valence-electron chi connectivity index (χ0n) is 7.67. The van der Waals surface area contributed by atoms with E-state index in [-0.39, 0.29) is 17.6 Å². The molecule has 2 N–H and O–H groups in total. The third-order valence-corrected chi connectivity index (χ3v) is 1.57. The fourth-order valence-electron chi connectivity index (χ4n) is 0.925. The molecular weight excluding hydrogens is 185 g/mol. The number of esters is 1. The molecule has 0 amide bonds. The molecule has 0 atom stereocenters. The zero-order valence-corrected chi connectivity index (χ0v) is 7.67. The van der Waals surface area contributed by atoms with Gasteiger partial charge in [0.15, 0.2) is 0 Å². The normalized spacial score (nSPS) is 9.64. The number of aromatic nitrogens is 1. The van der Waals surface area contributed by atoms with Gasteiger partial charge in [0, 0.05) is 17.9 Å². The summed E-state index contributed by atoms with van der Waals surface area (Å²) in [5.41, 5.74) is 0.369. The van der Waals surface area contributed by atoms with Crippen LogP contribution in [0.15, 0.2) is 18.5 Å². The monoisotopic (exact) mass is 195 g/mol. The number of hydrogen-bond donors (Lipinski definition) is 2. The van der Waals surface area contributed by atoms with Crippen LogP contribution in [0.1, 0.15) is 17.3 Å². The van der Waals surface area contributed by atoms with Gasteiger partial charge in [0.1, 0.15) is 0 Å². The quantitative estimate of drug-likeness (QED) is 0.474. The highest BCUT2D eigenvalue weighted by atomic mass is 16.5. The summed E-state index contributed by atoms with van der Waals surface area (Å²) in [5, 5.41) is 17.6. The van der Waals surface area contributed by atoms with Crippen molar-refractivity contribution in [3.8, 4) is 0 Å². The molecule has 0 fully saturated rings. The lowest BCUT2D eigenvalue weighted by Gasteiger charge is -2.03. The fourth-order valence-corrected chi connectivity index (χ4v) is 0.925. The number of pyridine rings is 1. The Bertz CT molecular complexity index is 329. The Hall–Kier alpha value is -1.40. The van der Waals surface area contributed by atoms with Gasteiger partial charge >= 0.3 is 13.1 Å². The zero-order chi connectivity index (χ0) is 10.6. The predicted molar refractivity (Wildman–Crippen MR) is 50.0 cm³/mol. The molecule has 1 aromatic heterocycles. The molecule has 0 aliphatic heterocycles. The summed E-state index contributed by atoms with van der Waals surface area (Å²) < 4.78 is 4.72. The number of rotatable bonds is 3. The standard InChI is InChI=1S/C8H10BNO4/c1-2-14-8(11)6-3-7(9(12)13)5-10-4-6/h3-5,12-13H,2H2,1H3. The van der Waals surface area contributed by atoms with E-state index in [1.54, 1.807) is 6.92 Å². The summed E-state index contributed by atoms with van der Waals surface area (Å²) in [6.45, 7) is 1.96. The Morgan fingerprint density at radius 2 is 2.29 bits per heavy atom. The first-order valence-corrected chi connectivity index (χ1v) is 4.13. The second-order valence-corrected chi connectivity index (χ2v) is 2.60. The second-order valence-electron chi connectivity index (χ2n) is 2.60. The summed E-state index contributed by atoms with van der Waals surface area (Å²) in [6.07, 6.45) is 2.58. The third kappa shape index (κ3) is 2.55. The highest BCUT2D eigenvalue weighted by Gasteiger charge is 2.14. The van der Waals surface area contributed by atoms with Crippen LogP contribution in [0.4, 0.5) is 0 Å². The number of carbonyl (C=O) groups is 1. The lowest BCUT2D eigenvalue weighted by atomic mass is 9.81. The minimum atomic E-state index is -1.63. The number of hydrogen-bond acceptors (Lipinski definition) is 5. The molecule has 0 bridgehead atoms. The van der Waals surface area contributed by atoms with Gasteiger partial charge in [-0.05, 0) is 13.0 Å². The van der Waals surface area contributed by atoms with E-state index in [9.17, 15) is 4.79 Å². The summed E-state index contributed by atoms with van der Waals surface area (Å²) in [6, 6.07) is 1.33. The van der Waals surface area contributed by atoms with E-state index in [2.05, 4.69) is 4.98 Å². The van der Waals surface area contributed by atoms with Gasteiger partial charge in [0.2, 0.25) is 0 Å². The van der Waals surface area contributed by atoms with Gasteiger partial charge in [-0.25, -0.2) is 4.79 Å². The van der Waals surface area contributed by atoms with E-state index in [1.165, 1.54) is 18.5 Å². The molecule has 1 aromatic rings. The third-order valence-electron chi connectivity index (χ3n) is 1.57. The summed E-state index contributed by atoms with van der Waals surface area (Å²) >= 11 is 0. The van der Waals surface area contributed by atoms with Crippen LogP contribution >= 0.6 is 0 Å². The van der Waals surface area contributed by atoms with Crippen molar-refractivity contribution in [2.45, 2.75) is 6.92 Å². The predicted octanol–water partition coefficient (Wildman–Crippen LogP) is -1.06. The smallest absolute Gasteiger partial charge is 0.462 e. The molecule has 0 spiro atoms. The van der Waals surface area contributed by atoms with Crippen molar-refractivity contribution < 1.29 is 19.6 Å². The number of nitrogens with zero attached hydrogens (tertiary/aromatic N) is 1. The SMILES string of the molecule is CCOC(=O)c1cncc(B(O)O)c1. The molecule has 0 unspecified atom stereocenters. The lowest BCUT2D eigenvalue weighted by Crippen LogP contribution is -2.31. The van der Waals surface area contributed by atoms with Gasteiger partial charge in [-0.2, -0.15) is 0 Å². The maximum Gasteiger partial charge on any atom is 0.490 e. The molecule has 5 nitrogen and oxygen atoms in total. The minimum absolute atomic E-state index is 0.163. The van der Waals surface area contributed by atoms with Crippen LogP contribution in [0.3, 0.4) is 0 Å². The largest absolute Gasteiger partial charge is 0.490 e. The molecule has 1 heterocycles. The Balaban J connectivity index is 2.88. The van der Waals surface area contributed by atoms with E-state index in [0.29, 0.717) is 0 Å². The van der Waals surface area contributed by atoms with Crippen molar-refractivity contribution in [3.63, 3.8) is 0 Å². The summed E-state index contributed by atoms with van der Waals surface area (Å²) in [7, 11) is -1.63. The van der Waals surface area contributed by atoms with Crippen molar-refractivity contribution in [2.24, 2.45) is 0 Å². The van der Waals surface area contributed by atoms with E-state index in [0.717, 1.165) is 0 Å². The van der Waals surface area contributed by atoms with Crippen LogP contribution in [-0.4, -0.2) is 34.7 Å². The second kappa shape index (κ2) is 4.73. The first-order valence-electron chi connectivity index (χ1n) is 4.13. The molecule has 0 aliphatic carbocycles. The van der Waals surface area contributed by atoms with Gasteiger partial charge in [-0.15, -0.1) is 0 Å². The van der Waals surface area contributed by atoms with E-state index < -0.39 is 13.1 Å². The Morgan fingerprint density at radius 1 is 1.57 bits per heavy atom. The van der Waals surface area contributed by atoms with Gasteiger partial charge in [0.25, 0.3) is 0 Å². The highest BCUT2D eigenvalue weighted by molar-refractivity contribution is 6.58. The fraction of sp³-hybridized carbons (Fsp3) is 0.250. The van der Waals surface area contributed by atoms with Crippen molar-refractivity contribution in [1.29, 1.82) is 0 Å². The van der Waals surface area contributed by atoms with Crippen molar-refractivity contribution >= 4 is 18.6 Å². The maximum atomic E-state index is 11.2. The summed E-state index contributed by atoms with van der Waals surface area (Å²) in [5.74, 6) is -0.525. The molecule has 0 aliphatic rings. The molecule has 0 aromatic carbocycles. The van der Waals surface area contributed by atoms with Gasteiger partial charge in [-0.1, -0.05) is 0 Å². The van der Waals surface area contributed by atoms with Crippen LogP contribution < -0.4 is 5.46 Å². The average molecular weight is 195 g/mol. The minimum Gasteiger partial charge on any atom is -0.462 e. The molecular formula is C8H10BNO4.